The number of urea groups is 1. The highest BCUT2D eigenvalue weighted by Crippen LogP contribution is 2.18. The van der Waals surface area contributed by atoms with Gasteiger partial charge in [-0.15, -0.1) is 0 Å². The predicted molar refractivity (Wildman–Crippen MR) is 119 cm³/mol. The minimum Gasteiger partial charge on any atom is -0.368 e. The lowest BCUT2D eigenvalue weighted by Crippen LogP contribution is -2.39. The molecule has 164 valence electrons. The smallest absolute Gasteiger partial charge is 0.323 e. The van der Waals surface area contributed by atoms with Gasteiger partial charge in [0.05, 0.1) is 0 Å². The lowest BCUT2D eigenvalue weighted by molar-refractivity contribution is -0.129. The van der Waals surface area contributed by atoms with Crippen molar-refractivity contribution in [2.24, 2.45) is 0 Å². The van der Waals surface area contributed by atoms with Crippen molar-refractivity contribution in [2.45, 2.75) is 32.8 Å². The maximum atomic E-state index is 12.2. The molecule has 2 aromatic carbocycles. The summed E-state index contributed by atoms with van der Waals surface area (Å²) in [6, 6.07) is 12.0. The molecular weight excluding hydrogens is 396 g/mol. The molecule has 2 aromatic rings. The number of hydrogen-bond donors (Lipinski definition) is 4. The SMILES string of the molecule is Cc1cccc(NC(=O)Nc2ccc(C(=O)NCCNC(=O)C3CCCO3)cc2)c1C. The van der Waals surface area contributed by atoms with Crippen LogP contribution in [0.15, 0.2) is 42.5 Å². The average molecular weight is 425 g/mol. The molecule has 0 spiro atoms. The zero-order valence-corrected chi connectivity index (χ0v) is 17.8. The van der Waals surface area contributed by atoms with E-state index in [0.29, 0.717) is 30.9 Å². The number of rotatable bonds is 7. The Morgan fingerprint density at radius 3 is 2.42 bits per heavy atom. The van der Waals surface area contributed by atoms with Crippen LogP contribution in [0.3, 0.4) is 0 Å². The molecule has 0 aromatic heterocycles. The van der Waals surface area contributed by atoms with Gasteiger partial charge in [0.15, 0.2) is 0 Å². The lowest BCUT2D eigenvalue weighted by Gasteiger charge is -2.12. The molecule has 0 saturated carbocycles. The summed E-state index contributed by atoms with van der Waals surface area (Å²) in [5.74, 6) is -0.390. The second-order valence-corrected chi connectivity index (χ2v) is 7.45. The second-order valence-electron chi connectivity index (χ2n) is 7.45. The van der Waals surface area contributed by atoms with E-state index in [-0.39, 0.29) is 23.9 Å². The molecule has 31 heavy (non-hydrogen) atoms. The predicted octanol–water partition coefficient (Wildman–Crippen LogP) is 2.97. The van der Waals surface area contributed by atoms with Crippen molar-refractivity contribution in [3.8, 4) is 0 Å². The van der Waals surface area contributed by atoms with Crippen LogP contribution in [0.25, 0.3) is 0 Å². The van der Waals surface area contributed by atoms with Crippen LogP contribution in [0.4, 0.5) is 16.2 Å². The monoisotopic (exact) mass is 424 g/mol. The maximum absolute atomic E-state index is 12.2. The molecule has 1 heterocycles. The van der Waals surface area contributed by atoms with E-state index in [9.17, 15) is 14.4 Å². The molecule has 1 saturated heterocycles. The molecule has 3 rings (SSSR count). The van der Waals surface area contributed by atoms with Crippen LogP contribution in [0.5, 0.6) is 0 Å². The van der Waals surface area contributed by atoms with Gasteiger partial charge in [0.1, 0.15) is 6.10 Å². The van der Waals surface area contributed by atoms with Crippen LogP contribution in [-0.4, -0.2) is 43.6 Å². The molecule has 1 aliphatic rings. The molecule has 8 heteroatoms. The first kappa shape index (κ1) is 22.3. The molecule has 4 N–H and O–H groups in total. The van der Waals surface area contributed by atoms with Gasteiger partial charge in [0.2, 0.25) is 5.91 Å². The summed E-state index contributed by atoms with van der Waals surface area (Å²) >= 11 is 0. The molecule has 1 aliphatic heterocycles. The van der Waals surface area contributed by atoms with E-state index < -0.39 is 0 Å². The van der Waals surface area contributed by atoms with Gasteiger partial charge in [-0.05, 0) is 68.1 Å². The Morgan fingerprint density at radius 2 is 1.71 bits per heavy atom. The number of carbonyl (C=O) groups is 3. The number of carbonyl (C=O) groups excluding carboxylic acids is 3. The Labute approximate surface area is 181 Å². The third-order valence-electron chi connectivity index (χ3n) is 5.19. The van der Waals surface area contributed by atoms with Crippen LogP contribution in [0, 0.1) is 13.8 Å². The highest BCUT2D eigenvalue weighted by molar-refractivity contribution is 6.01. The van der Waals surface area contributed by atoms with Crippen molar-refractivity contribution >= 4 is 29.2 Å². The van der Waals surface area contributed by atoms with Crippen molar-refractivity contribution in [3.63, 3.8) is 0 Å². The molecule has 4 amide bonds. The first-order chi connectivity index (χ1) is 14.9. The Bertz CT molecular complexity index is 937. The minimum absolute atomic E-state index is 0.138. The molecular formula is C23H28N4O4. The Morgan fingerprint density at radius 1 is 0.968 bits per heavy atom. The molecule has 0 radical (unpaired) electrons. The van der Waals surface area contributed by atoms with E-state index >= 15 is 0 Å². The summed E-state index contributed by atoms with van der Waals surface area (Å²) in [5, 5.41) is 11.1. The largest absolute Gasteiger partial charge is 0.368 e. The van der Waals surface area contributed by atoms with Gasteiger partial charge in [0.25, 0.3) is 5.91 Å². The van der Waals surface area contributed by atoms with Gasteiger partial charge in [-0.25, -0.2) is 4.79 Å². The van der Waals surface area contributed by atoms with Crippen LogP contribution in [0.2, 0.25) is 0 Å². The summed E-state index contributed by atoms with van der Waals surface area (Å²) in [6.45, 7) is 5.21. The zero-order chi connectivity index (χ0) is 22.2. The van der Waals surface area contributed by atoms with Gasteiger partial charge in [-0.1, -0.05) is 12.1 Å². The molecule has 8 nitrogen and oxygen atoms in total. The fourth-order valence-corrected chi connectivity index (χ4v) is 3.24. The summed E-state index contributed by atoms with van der Waals surface area (Å²) in [7, 11) is 0. The van der Waals surface area contributed by atoms with Gasteiger partial charge < -0.3 is 26.0 Å². The number of aryl methyl sites for hydroxylation is 1. The van der Waals surface area contributed by atoms with Crippen molar-refractivity contribution in [2.75, 3.05) is 30.3 Å². The summed E-state index contributed by atoms with van der Waals surface area (Å²) in [5.41, 5.74) is 3.89. The molecule has 0 bridgehead atoms. The quantitative estimate of drug-likeness (QED) is 0.513. The van der Waals surface area contributed by atoms with E-state index in [1.54, 1.807) is 24.3 Å². The highest BCUT2D eigenvalue weighted by Gasteiger charge is 2.22. The first-order valence-electron chi connectivity index (χ1n) is 10.4. The summed E-state index contributed by atoms with van der Waals surface area (Å²) in [4.78, 5) is 36.3. The van der Waals surface area contributed by atoms with Crippen LogP contribution < -0.4 is 21.3 Å². The third kappa shape index (κ3) is 6.29. The van der Waals surface area contributed by atoms with Crippen molar-refractivity contribution in [1.82, 2.24) is 10.6 Å². The number of amides is 4. The van der Waals surface area contributed by atoms with E-state index in [0.717, 1.165) is 29.7 Å². The first-order valence-corrected chi connectivity index (χ1v) is 10.4. The van der Waals surface area contributed by atoms with Gasteiger partial charge in [0, 0.05) is 36.6 Å². The fourth-order valence-electron chi connectivity index (χ4n) is 3.24. The molecule has 1 atom stereocenters. The topological polar surface area (TPSA) is 109 Å². The summed E-state index contributed by atoms with van der Waals surface area (Å²) < 4.78 is 5.31. The van der Waals surface area contributed by atoms with Crippen molar-refractivity contribution in [1.29, 1.82) is 0 Å². The third-order valence-corrected chi connectivity index (χ3v) is 5.19. The number of hydrogen-bond acceptors (Lipinski definition) is 4. The normalized spacial score (nSPS) is 15.2. The number of anilines is 2. The van der Waals surface area contributed by atoms with Crippen LogP contribution in [0.1, 0.15) is 34.3 Å². The van der Waals surface area contributed by atoms with E-state index in [2.05, 4.69) is 21.3 Å². The van der Waals surface area contributed by atoms with Crippen LogP contribution >= 0.6 is 0 Å². The fraction of sp³-hybridized carbons (Fsp3) is 0.348. The Balaban J connectivity index is 1.42. The lowest BCUT2D eigenvalue weighted by atomic mass is 10.1. The minimum atomic E-state index is -0.372. The van der Waals surface area contributed by atoms with E-state index in [1.807, 2.05) is 32.0 Å². The molecule has 0 aliphatic carbocycles. The maximum Gasteiger partial charge on any atom is 0.323 e. The van der Waals surface area contributed by atoms with Crippen molar-refractivity contribution < 1.29 is 19.1 Å². The molecule has 1 fully saturated rings. The average Bonchev–Trinajstić information content (AvgIpc) is 3.30. The highest BCUT2D eigenvalue weighted by atomic mass is 16.5. The van der Waals surface area contributed by atoms with Gasteiger partial charge in [-0.2, -0.15) is 0 Å². The Kier molecular flexibility index (Phi) is 7.61. The number of nitrogens with one attached hydrogen (secondary N) is 4. The van der Waals surface area contributed by atoms with E-state index in [1.165, 1.54) is 0 Å². The second kappa shape index (κ2) is 10.6. The van der Waals surface area contributed by atoms with Gasteiger partial charge >= 0.3 is 6.03 Å². The Hall–Kier alpha value is -3.39. The standard InChI is InChI=1S/C23H28N4O4/c1-15-5-3-6-19(16(15)2)27-23(30)26-18-10-8-17(9-11-18)21(28)24-12-13-25-22(29)20-7-4-14-31-20/h3,5-6,8-11,20H,4,7,12-14H2,1-2H3,(H,24,28)(H,25,29)(H2,26,27,30). The van der Waals surface area contributed by atoms with Crippen LogP contribution in [-0.2, 0) is 9.53 Å². The van der Waals surface area contributed by atoms with Crippen molar-refractivity contribution in [3.05, 3.63) is 59.2 Å². The zero-order valence-electron chi connectivity index (χ0n) is 17.8. The van der Waals surface area contributed by atoms with E-state index in [4.69, 9.17) is 4.74 Å². The number of ether oxygens (including phenoxy) is 1. The number of benzene rings is 2. The summed E-state index contributed by atoms with van der Waals surface area (Å²) in [6.07, 6.45) is 1.26. The van der Waals surface area contributed by atoms with Gasteiger partial charge in [-0.3, -0.25) is 9.59 Å². The molecule has 1 unspecified atom stereocenters.